The van der Waals surface area contributed by atoms with Crippen LogP contribution in [-0.2, 0) is 50.2 Å². The molecule has 0 saturated carbocycles. The molecule has 0 aliphatic rings. The van der Waals surface area contributed by atoms with Gasteiger partial charge in [0.15, 0.2) is 0 Å². The van der Waals surface area contributed by atoms with Gasteiger partial charge in [0, 0.05) is 45.8 Å². The van der Waals surface area contributed by atoms with Crippen molar-refractivity contribution in [3.8, 4) is 0 Å². The van der Waals surface area contributed by atoms with Crippen LogP contribution in [0.25, 0.3) is 0 Å². The fraction of sp³-hybridized carbons (Fsp3) is 0.396. The maximum Gasteiger partial charge on any atom is 0.410 e. The van der Waals surface area contributed by atoms with Crippen molar-refractivity contribution in [2.45, 2.75) is 77.4 Å². The lowest BCUT2D eigenvalue weighted by molar-refractivity contribution is -0.122. The van der Waals surface area contributed by atoms with Crippen molar-refractivity contribution in [3.63, 3.8) is 0 Å². The summed E-state index contributed by atoms with van der Waals surface area (Å²) >= 11 is 0. The quantitative estimate of drug-likeness (QED) is 0.0350. The zero-order valence-electron chi connectivity index (χ0n) is 36.0. The summed E-state index contributed by atoms with van der Waals surface area (Å²) < 4.78 is 21.8. The normalized spacial score (nSPS) is 11.1. The molecule has 0 aliphatic carbocycles. The molecule has 1 unspecified atom stereocenters. The SMILES string of the molecule is NC(CCCCNC(=O)OCc1ccccc1)C(=O)NCCCN(CCCCN(CCCNC(=O)OCc1ccccc1)C(=O)OCc1ccccc1)C(=O)OCc1ccccc1. The molecule has 4 aromatic rings. The van der Waals surface area contributed by atoms with E-state index < -0.39 is 30.4 Å². The largest absolute Gasteiger partial charge is 0.445 e. The van der Waals surface area contributed by atoms with Crippen LogP contribution in [0.3, 0.4) is 0 Å². The van der Waals surface area contributed by atoms with E-state index in [2.05, 4.69) is 16.0 Å². The first-order valence-electron chi connectivity index (χ1n) is 21.6. The second-order valence-corrected chi connectivity index (χ2v) is 14.8. The molecule has 15 nitrogen and oxygen atoms in total. The maximum atomic E-state index is 13.3. The lowest BCUT2D eigenvalue weighted by Crippen LogP contribution is -2.42. The number of carbonyl (C=O) groups excluding carboxylic acids is 5. The molecule has 5 N–H and O–H groups in total. The van der Waals surface area contributed by atoms with Gasteiger partial charge in [0.25, 0.3) is 0 Å². The smallest absolute Gasteiger partial charge is 0.410 e. The number of benzene rings is 4. The van der Waals surface area contributed by atoms with E-state index in [0.29, 0.717) is 90.8 Å². The number of nitrogens with one attached hydrogen (secondary N) is 3. The summed E-state index contributed by atoms with van der Waals surface area (Å²) in [6, 6.07) is 36.9. The Labute approximate surface area is 370 Å². The lowest BCUT2D eigenvalue weighted by atomic mass is 10.1. The number of amides is 5. The molecule has 0 bridgehead atoms. The Morgan fingerprint density at radius 2 is 0.762 bits per heavy atom. The molecule has 4 aromatic carbocycles. The highest BCUT2D eigenvalue weighted by Gasteiger charge is 2.19. The number of hydrogen-bond donors (Lipinski definition) is 4. The molecule has 0 fully saturated rings. The number of hydrogen-bond acceptors (Lipinski definition) is 10. The third-order valence-corrected chi connectivity index (χ3v) is 9.78. The molecule has 0 heterocycles. The van der Waals surface area contributed by atoms with Crippen LogP contribution in [0.15, 0.2) is 121 Å². The van der Waals surface area contributed by atoms with Crippen molar-refractivity contribution < 1.29 is 42.9 Å². The van der Waals surface area contributed by atoms with E-state index in [-0.39, 0.29) is 32.3 Å². The summed E-state index contributed by atoms with van der Waals surface area (Å²) in [6.07, 6.45) is 1.77. The minimum absolute atomic E-state index is 0.112. The van der Waals surface area contributed by atoms with E-state index in [1.807, 2.05) is 121 Å². The van der Waals surface area contributed by atoms with Crippen LogP contribution in [0, 0.1) is 0 Å². The third-order valence-electron chi connectivity index (χ3n) is 9.78. The van der Waals surface area contributed by atoms with Gasteiger partial charge in [0.2, 0.25) is 5.91 Å². The van der Waals surface area contributed by atoms with Crippen LogP contribution < -0.4 is 21.7 Å². The van der Waals surface area contributed by atoms with Gasteiger partial charge < -0.3 is 50.4 Å². The Bertz CT molecular complexity index is 1910. The van der Waals surface area contributed by atoms with Crippen molar-refractivity contribution in [2.75, 3.05) is 45.8 Å². The van der Waals surface area contributed by atoms with Gasteiger partial charge in [-0.05, 0) is 67.2 Å². The van der Waals surface area contributed by atoms with Crippen molar-refractivity contribution >= 4 is 30.3 Å². The second-order valence-electron chi connectivity index (χ2n) is 14.8. The van der Waals surface area contributed by atoms with Crippen molar-refractivity contribution in [3.05, 3.63) is 144 Å². The Kier molecular flexibility index (Phi) is 23.1. The predicted molar refractivity (Wildman–Crippen MR) is 239 cm³/mol. The molecule has 0 radical (unpaired) electrons. The number of alkyl carbamates (subject to hydrolysis) is 2. The highest BCUT2D eigenvalue weighted by atomic mass is 16.6. The zero-order valence-corrected chi connectivity index (χ0v) is 36.0. The Hall–Kier alpha value is -6.61. The third kappa shape index (κ3) is 21.2. The van der Waals surface area contributed by atoms with Crippen LogP contribution in [0.2, 0.25) is 0 Å². The van der Waals surface area contributed by atoms with E-state index in [4.69, 9.17) is 24.7 Å². The Morgan fingerprint density at radius 1 is 0.429 bits per heavy atom. The number of carbonyl (C=O) groups is 5. The van der Waals surface area contributed by atoms with Gasteiger partial charge in [-0.3, -0.25) is 4.79 Å². The molecular formula is C48H62N6O9. The molecule has 1 atom stereocenters. The lowest BCUT2D eigenvalue weighted by Gasteiger charge is -2.25. The van der Waals surface area contributed by atoms with Gasteiger partial charge >= 0.3 is 24.4 Å². The van der Waals surface area contributed by atoms with E-state index in [0.717, 1.165) is 22.3 Å². The molecule has 0 aromatic heterocycles. The first-order chi connectivity index (χ1) is 30.8. The Morgan fingerprint density at radius 3 is 1.16 bits per heavy atom. The summed E-state index contributed by atoms with van der Waals surface area (Å²) in [7, 11) is 0. The van der Waals surface area contributed by atoms with Gasteiger partial charge in [-0.2, -0.15) is 0 Å². The molecule has 0 saturated heterocycles. The molecular weight excluding hydrogens is 805 g/mol. The topological polar surface area (TPSA) is 191 Å². The number of unbranched alkanes of at least 4 members (excludes halogenated alkanes) is 2. The molecule has 63 heavy (non-hydrogen) atoms. The van der Waals surface area contributed by atoms with Crippen LogP contribution in [0.1, 0.15) is 67.2 Å². The second kappa shape index (κ2) is 29.6. The number of rotatable bonds is 27. The molecule has 0 spiro atoms. The fourth-order valence-corrected chi connectivity index (χ4v) is 6.25. The Balaban J connectivity index is 1.19. The highest BCUT2D eigenvalue weighted by Crippen LogP contribution is 2.10. The van der Waals surface area contributed by atoms with Gasteiger partial charge in [-0.15, -0.1) is 0 Å². The maximum absolute atomic E-state index is 13.3. The molecule has 0 aliphatic heterocycles. The van der Waals surface area contributed by atoms with E-state index in [1.54, 1.807) is 9.80 Å². The summed E-state index contributed by atoms with van der Waals surface area (Å²) in [6.45, 7) is 2.95. The molecule has 4 rings (SSSR count). The standard InChI is InChI=1S/C48H62N6O9/c49-43(27-13-14-28-51-45(56)60-35-39-19-5-1-6-20-39)44(55)50-29-17-33-53(47(58)62-37-41-23-9-3-10-24-41)31-15-16-32-54(48(59)63-38-42-25-11-4-12-26-42)34-18-30-52-46(57)61-36-40-21-7-2-8-22-40/h1-12,19-26,43H,13-18,27-38,49H2,(H,50,55)(H,51,56)(H,52,57). The van der Waals surface area contributed by atoms with Gasteiger partial charge in [-0.25, -0.2) is 19.2 Å². The summed E-state index contributed by atoms with van der Waals surface area (Å²) in [4.78, 5) is 66.8. The van der Waals surface area contributed by atoms with Gasteiger partial charge in [0.05, 0.1) is 6.04 Å². The minimum atomic E-state index is -0.714. The monoisotopic (exact) mass is 866 g/mol. The average molecular weight is 867 g/mol. The number of nitrogens with zero attached hydrogens (tertiary/aromatic N) is 2. The number of nitrogens with two attached hydrogens (primary N) is 1. The molecule has 15 heteroatoms. The summed E-state index contributed by atoms with van der Waals surface area (Å²) in [5.74, 6) is -0.290. The van der Waals surface area contributed by atoms with Crippen molar-refractivity contribution in [1.29, 1.82) is 0 Å². The molecule has 338 valence electrons. The minimum Gasteiger partial charge on any atom is -0.445 e. The van der Waals surface area contributed by atoms with Gasteiger partial charge in [0.1, 0.15) is 26.4 Å². The highest BCUT2D eigenvalue weighted by molar-refractivity contribution is 5.81. The zero-order chi connectivity index (χ0) is 44.7. The summed E-state index contributed by atoms with van der Waals surface area (Å²) in [5.41, 5.74) is 9.64. The fourth-order valence-electron chi connectivity index (χ4n) is 6.25. The predicted octanol–water partition coefficient (Wildman–Crippen LogP) is 7.29. The average Bonchev–Trinajstić information content (AvgIpc) is 3.32. The van der Waals surface area contributed by atoms with E-state index >= 15 is 0 Å². The van der Waals surface area contributed by atoms with E-state index in [9.17, 15) is 24.0 Å². The van der Waals surface area contributed by atoms with Crippen LogP contribution in [0.5, 0.6) is 0 Å². The van der Waals surface area contributed by atoms with Crippen molar-refractivity contribution in [2.24, 2.45) is 5.73 Å². The molecule has 5 amide bonds. The summed E-state index contributed by atoms with van der Waals surface area (Å²) in [5, 5.41) is 8.31. The van der Waals surface area contributed by atoms with Crippen LogP contribution >= 0.6 is 0 Å². The van der Waals surface area contributed by atoms with Gasteiger partial charge in [-0.1, -0.05) is 121 Å². The first kappa shape index (κ1) is 49.0. The van der Waals surface area contributed by atoms with E-state index in [1.165, 1.54) is 0 Å². The van der Waals surface area contributed by atoms with Crippen LogP contribution in [-0.4, -0.2) is 91.9 Å². The number of ether oxygens (including phenoxy) is 4. The first-order valence-corrected chi connectivity index (χ1v) is 21.6. The van der Waals surface area contributed by atoms with Crippen molar-refractivity contribution in [1.82, 2.24) is 25.8 Å². The van der Waals surface area contributed by atoms with Crippen LogP contribution in [0.4, 0.5) is 19.2 Å².